The lowest BCUT2D eigenvalue weighted by Gasteiger charge is -2.30. The SMILES string of the molecule is C=C[C@]1(CC)OC(=O)[C@H](OCc2ccccc2)[C@@H]1C.C=C[C@]1(CC)O[C@@](O)(c2ccc3c(N)ncnn23)[C@H](OCc2ccccc2)[C@@H]1C.C[Si](C)(Cl)CC[Si](C)(C)Cl.Nc1ncnn2c(I)ccc12. The lowest BCUT2D eigenvalue weighted by Crippen LogP contribution is -2.41. The van der Waals surface area contributed by atoms with Gasteiger partial charge < -0.3 is 35.5 Å². The van der Waals surface area contributed by atoms with Crippen LogP contribution in [-0.4, -0.2) is 78.4 Å². The molecule has 0 aliphatic carbocycles. The van der Waals surface area contributed by atoms with E-state index in [9.17, 15) is 9.90 Å². The predicted octanol–water partition coefficient (Wildman–Crippen LogP) is 10.9. The highest BCUT2D eigenvalue weighted by Crippen LogP contribution is 2.51. The van der Waals surface area contributed by atoms with Crippen LogP contribution in [0.1, 0.15) is 57.4 Å². The van der Waals surface area contributed by atoms with E-state index in [0.717, 1.165) is 32.4 Å². The molecule has 5 N–H and O–H groups in total. The molecule has 0 unspecified atom stereocenters. The summed E-state index contributed by atoms with van der Waals surface area (Å²) in [7, 11) is -2.69. The van der Waals surface area contributed by atoms with Crippen molar-refractivity contribution in [3.8, 4) is 0 Å². The van der Waals surface area contributed by atoms with Gasteiger partial charge in [0.2, 0.25) is 5.79 Å². The number of fused-ring (bicyclic) bond motifs is 2. The Morgan fingerprint density at radius 3 is 1.70 bits per heavy atom. The Hall–Kier alpha value is -4.19. The first-order chi connectivity index (χ1) is 32.6. The molecule has 19 heteroatoms. The normalized spacial score (nSPS) is 24.3. The van der Waals surface area contributed by atoms with E-state index in [-0.39, 0.29) is 17.8 Å². The summed E-state index contributed by atoms with van der Waals surface area (Å²) in [4.78, 5) is 19.8. The van der Waals surface area contributed by atoms with E-state index in [4.69, 9.17) is 52.6 Å². The first-order valence-electron chi connectivity index (χ1n) is 23.0. The molecule has 6 aromatic rings. The molecule has 69 heavy (non-hydrogen) atoms. The number of carbonyl (C=O) groups excluding carboxylic acids is 1. The van der Waals surface area contributed by atoms with Crippen molar-refractivity contribution in [1.29, 1.82) is 0 Å². The van der Waals surface area contributed by atoms with E-state index in [2.05, 4.69) is 82.1 Å². The zero-order valence-corrected chi connectivity index (χ0v) is 46.5. The molecule has 372 valence electrons. The molecule has 8 rings (SSSR count). The highest BCUT2D eigenvalue weighted by atomic mass is 127. The number of benzene rings is 2. The number of ether oxygens (including phenoxy) is 4. The van der Waals surface area contributed by atoms with Crippen LogP contribution < -0.4 is 11.5 Å². The third-order valence-electron chi connectivity index (χ3n) is 12.6. The fourth-order valence-corrected chi connectivity index (χ4v) is 15.3. The molecule has 7 atom stereocenters. The summed E-state index contributed by atoms with van der Waals surface area (Å²) in [6.07, 6.45) is 6.49. The first-order valence-corrected chi connectivity index (χ1v) is 32.5. The van der Waals surface area contributed by atoms with E-state index in [1.54, 1.807) is 33.3 Å². The Bertz CT molecular complexity index is 2620. The third kappa shape index (κ3) is 13.6. The summed E-state index contributed by atoms with van der Waals surface area (Å²) in [6.45, 7) is 25.2. The molecular weight excluding hydrogens is 1060 g/mol. The van der Waals surface area contributed by atoms with Crippen LogP contribution >= 0.6 is 44.7 Å². The second-order valence-corrected chi connectivity index (χ2v) is 33.6. The Morgan fingerprint density at radius 2 is 1.23 bits per heavy atom. The van der Waals surface area contributed by atoms with Crippen molar-refractivity contribution in [3.63, 3.8) is 0 Å². The number of hydrogen-bond acceptors (Lipinski definition) is 12. The first kappa shape index (κ1) is 55.7. The van der Waals surface area contributed by atoms with Gasteiger partial charge in [-0.15, -0.1) is 6.58 Å². The summed E-state index contributed by atoms with van der Waals surface area (Å²) < 4.78 is 28.2. The molecule has 0 saturated carbocycles. The van der Waals surface area contributed by atoms with Gasteiger partial charge in [-0.1, -0.05) is 127 Å². The molecule has 6 heterocycles. The van der Waals surface area contributed by atoms with Crippen molar-refractivity contribution >= 4 is 88.2 Å². The van der Waals surface area contributed by atoms with Crippen LogP contribution in [0.25, 0.3) is 11.0 Å². The smallest absolute Gasteiger partial charge is 0.336 e. The highest BCUT2D eigenvalue weighted by Gasteiger charge is 2.61. The Kier molecular flexibility index (Phi) is 19.2. The van der Waals surface area contributed by atoms with Gasteiger partial charge in [-0.25, -0.2) is 23.8 Å². The number of esters is 1. The van der Waals surface area contributed by atoms with Crippen molar-refractivity contribution < 1.29 is 28.8 Å². The van der Waals surface area contributed by atoms with Gasteiger partial charge in [0, 0.05) is 11.8 Å². The Morgan fingerprint density at radius 1 is 0.754 bits per heavy atom. The maximum absolute atomic E-state index is 11.9. The molecule has 0 bridgehead atoms. The zero-order chi connectivity index (χ0) is 50.8. The largest absolute Gasteiger partial charge is 0.452 e. The second kappa shape index (κ2) is 23.8. The maximum Gasteiger partial charge on any atom is 0.336 e. The molecule has 2 fully saturated rings. The number of cyclic esters (lactones) is 1. The van der Waals surface area contributed by atoms with Crippen LogP contribution in [0.15, 0.2) is 123 Å². The molecule has 4 aromatic heterocycles. The topological polar surface area (TPSA) is 187 Å². The van der Waals surface area contributed by atoms with Gasteiger partial charge in [0.05, 0.1) is 18.8 Å². The predicted molar refractivity (Wildman–Crippen MR) is 290 cm³/mol. The summed E-state index contributed by atoms with van der Waals surface area (Å²) in [6, 6.07) is 29.4. The van der Waals surface area contributed by atoms with Crippen LogP contribution in [0.5, 0.6) is 0 Å². The maximum atomic E-state index is 11.9. The number of halogens is 3. The number of nitrogens with two attached hydrogens (primary N) is 2. The number of aliphatic hydroxyl groups is 1. The number of anilines is 2. The Balaban J connectivity index is 0.000000190. The van der Waals surface area contributed by atoms with Crippen LogP contribution in [-0.2, 0) is 42.7 Å². The molecule has 2 aromatic carbocycles. The van der Waals surface area contributed by atoms with Crippen molar-refractivity contribution in [2.24, 2.45) is 11.8 Å². The van der Waals surface area contributed by atoms with Gasteiger partial charge in [-0.05, 0) is 89.0 Å². The fraction of sp³-hybridized carbons (Fsp3) is 0.420. The summed E-state index contributed by atoms with van der Waals surface area (Å²) in [5, 5.41) is 20.1. The summed E-state index contributed by atoms with van der Waals surface area (Å²) in [5.74, 6) is -1.35. The molecule has 0 amide bonds. The van der Waals surface area contributed by atoms with E-state index >= 15 is 0 Å². The van der Waals surface area contributed by atoms with E-state index < -0.39 is 44.0 Å². The van der Waals surface area contributed by atoms with E-state index in [0.29, 0.717) is 48.9 Å². The van der Waals surface area contributed by atoms with Gasteiger partial charge in [0.1, 0.15) is 59.6 Å². The highest BCUT2D eigenvalue weighted by molar-refractivity contribution is 14.1. The van der Waals surface area contributed by atoms with Crippen molar-refractivity contribution in [3.05, 3.63) is 143 Å². The van der Waals surface area contributed by atoms with E-state index in [1.807, 2.05) is 100 Å². The number of carbonyl (C=O) groups is 1. The quantitative estimate of drug-likeness (QED) is 0.0309. The average Bonchev–Trinajstić information content (AvgIpc) is 4.06. The fourth-order valence-electron chi connectivity index (χ4n) is 8.29. The number of nitrogens with zero attached hydrogens (tertiary/aromatic N) is 6. The lowest BCUT2D eigenvalue weighted by atomic mass is 9.83. The summed E-state index contributed by atoms with van der Waals surface area (Å²) >= 11 is 14.5. The minimum Gasteiger partial charge on any atom is -0.452 e. The number of nitrogen functional groups attached to an aromatic ring is 2. The van der Waals surface area contributed by atoms with Crippen LogP contribution in [0.3, 0.4) is 0 Å². The second-order valence-electron chi connectivity index (χ2n) is 18.5. The molecule has 0 spiro atoms. The number of aromatic nitrogens is 6. The number of hydrogen-bond donors (Lipinski definition) is 3. The molecule has 2 aliphatic heterocycles. The van der Waals surface area contributed by atoms with Crippen molar-refractivity contribution in [2.45, 2.75) is 121 Å². The summed E-state index contributed by atoms with van der Waals surface area (Å²) in [5.41, 5.74) is 14.2. The minimum atomic E-state index is -1.73. The Labute approximate surface area is 431 Å². The number of rotatable bonds is 14. The van der Waals surface area contributed by atoms with Gasteiger partial charge in [0.15, 0.2) is 17.7 Å². The van der Waals surface area contributed by atoms with Crippen LogP contribution in [0, 0.1) is 15.5 Å². The van der Waals surface area contributed by atoms with Crippen molar-refractivity contribution in [1.82, 2.24) is 29.2 Å². The monoisotopic (exact) mass is 1130 g/mol. The lowest BCUT2D eigenvalue weighted by molar-refractivity contribution is -0.262. The van der Waals surface area contributed by atoms with Gasteiger partial charge in [0.25, 0.3) is 0 Å². The standard InChI is InChI=1S/C22H26N4O3.C16H20O3.C6H16Cl2Si2.C6H5IN4/c1-4-21(5-2)15(3)19(28-13-16-9-7-6-8-10-16)22(27,29-21)18-12-11-17-20(23)24-14-25-26(17)18;1-4-16(5-2)12(3)14(15(17)19-16)18-11-13-9-7-6-8-10-13;1-9(2,7)5-6-10(3,4)8;7-5-2-1-4-6(8)9-3-10-11(4)5/h4,6-12,14-15,19,27H,1,5,13H2,2-3H3,(H2,23,24,25);4,6-10,12,14H,1,5,11H2,2-3H3;5-6H2,1-4H3;1-3H,(H2,8,9,10)/t15-,19+,21+,22-;12-,14+,16+;;/m00../s1. The molecule has 2 aliphatic rings. The van der Waals surface area contributed by atoms with Crippen LogP contribution in [0.4, 0.5) is 11.6 Å². The van der Waals surface area contributed by atoms with Crippen molar-refractivity contribution in [2.75, 3.05) is 11.5 Å². The van der Waals surface area contributed by atoms with Gasteiger partial charge in [-0.3, -0.25) is 0 Å². The molecule has 0 radical (unpaired) electrons. The third-order valence-corrected chi connectivity index (χ3v) is 18.0. The van der Waals surface area contributed by atoms with E-state index in [1.165, 1.54) is 12.7 Å². The molecule has 2 saturated heterocycles. The molecule has 14 nitrogen and oxygen atoms in total. The van der Waals surface area contributed by atoms with Gasteiger partial charge in [-0.2, -0.15) is 32.4 Å². The van der Waals surface area contributed by atoms with Crippen LogP contribution in [0.2, 0.25) is 38.3 Å². The average molecular weight is 1130 g/mol. The minimum absolute atomic E-state index is 0.0220. The zero-order valence-electron chi connectivity index (χ0n) is 40.8. The molecular formula is C50H67Cl2IN8O6Si2. The van der Waals surface area contributed by atoms with Gasteiger partial charge >= 0.3 is 5.97 Å².